The Hall–Kier alpha value is -2.01. The SMILES string of the molecule is COc1nc(N[C@H]2OC[C@@H](O)[C@@H](O)[C@@H]2O)c(C=O)c(=O)n1C. The Balaban J connectivity index is 2.35. The molecule has 10 heteroatoms. The maximum absolute atomic E-state index is 12.0. The Morgan fingerprint density at radius 2 is 2.09 bits per heavy atom. The van der Waals surface area contributed by atoms with Crippen LogP contribution in [0.4, 0.5) is 5.82 Å². The van der Waals surface area contributed by atoms with Crippen molar-refractivity contribution in [3.05, 3.63) is 15.9 Å². The van der Waals surface area contributed by atoms with Crippen molar-refractivity contribution in [1.82, 2.24) is 9.55 Å². The molecule has 1 saturated heterocycles. The Morgan fingerprint density at radius 3 is 2.68 bits per heavy atom. The van der Waals surface area contributed by atoms with E-state index in [0.717, 1.165) is 4.57 Å². The molecule has 2 rings (SSSR count). The number of nitrogens with one attached hydrogen (secondary N) is 1. The number of anilines is 1. The lowest BCUT2D eigenvalue weighted by Gasteiger charge is -2.35. The van der Waals surface area contributed by atoms with E-state index >= 15 is 0 Å². The molecule has 2 heterocycles. The van der Waals surface area contributed by atoms with Crippen LogP contribution in [0, 0.1) is 0 Å². The van der Waals surface area contributed by atoms with Gasteiger partial charge < -0.3 is 30.1 Å². The van der Waals surface area contributed by atoms with Crippen LogP contribution < -0.4 is 15.6 Å². The third kappa shape index (κ3) is 2.81. The standard InChI is InChI=1S/C12H17N3O7/c1-15-11(20)5(3-16)9(14-12(15)21-2)13-10-8(19)7(18)6(17)4-22-10/h3,6-8,10,13,17-19H,4H2,1-2H3/t6-,7-,8+,10+/m1/s1. The van der Waals surface area contributed by atoms with Gasteiger partial charge in [0.15, 0.2) is 12.5 Å². The third-order valence-electron chi connectivity index (χ3n) is 3.36. The van der Waals surface area contributed by atoms with E-state index in [4.69, 9.17) is 9.47 Å². The summed E-state index contributed by atoms with van der Waals surface area (Å²) in [6, 6.07) is -0.0519. The fraction of sp³-hybridized carbons (Fsp3) is 0.583. The predicted molar refractivity (Wildman–Crippen MR) is 72.8 cm³/mol. The minimum absolute atomic E-state index is 0.0519. The van der Waals surface area contributed by atoms with Gasteiger partial charge in [-0.25, -0.2) is 0 Å². The molecular formula is C12H17N3O7. The van der Waals surface area contributed by atoms with Crippen LogP contribution in [0.5, 0.6) is 6.01 Å². The summed E-state index contributed by atoms with van der Waals surface area (Å²) in [5.41, 5.74) is -0.921. The monoisotopic (exact) mass is 315 g/mol. The van der Waals surface area contributed by atoms with Gasteiger partial charge in [0.05, 0.1) is 13.7 Å². The van der Waals surface area contributed by atoms with E-state index in [-0.39, 0.29) is 24.0 Å². The molecule has 0 spiro atoms. The fourth-order valence-electron chi connectivity index (χ4n) is 2.07. The number of rotatable bonds is 4. The first kappa shape index (κ1) is 16.4. The normalized spacial score (nSPS) is 28.2. The molecule has 0 bridgehead atoms. The Bertz CT molecular complexity index is 617. The molecule has 1 fully saturated rings. The third-order valence-corrected chi connectivity index (χ3v) is 3.36. The molecule has 4 N–H and O–H groups in total. The predicted octanol–water partition coefficient (Wildman–Crippen LogP) is -2.55. The lowest BCUT2D eigenvalue weighted by atomic mass is 10.0. The molecule has 0 radical (unpaired) electrons. The summed E-state index contributed by atoms with van der Waals surface area (Å²) in [5.74, 6) is -0.150. The maximum atomic E-state index is 12.0. The minimum Gasteiger partial charge on any atom is -0.468 e. The van der Waals surface area contributed by atoms with Crippen LogP contribution in [-0.4, -0.2) is 69.4 Å². The second kappa shape index (κ2) is 6.40. The van der Waals surface area contributed by atoms with Crippen LogP contribution in [0.1, 0.15) is 10.4 Å². The number of aliphatic hydroxyl groups is 3. The number of hydrogen-bond donors (Lipinski definition) is 4. The number of aldehydes is 1. The van der Waals surface area contributed by atoms with Gasteiger partial charge in [-0.2, -0.15) is 4.98 Å². The largest absolute Gasteiger partial charge is 0.468 e. The van der Waals surface area contributed by atoms with Gasteiger partial charge in [-0.3, -0.25) is 14.2 Å². The molecule has 1 aromatic rings. The molecule has 0 aliphatic carbocycles. The zero-order valence-corrected chi connectivity index (χ0v) is 12.0. The van der Waals surface area contributed by atoms with Crippen molar-refractivity contribution in [3.63, 3.8) is 0 Å². The molecule has 4 atom stereocenters. The van der Waals surface area contributed by atoms with Crippen LogP contribution in [0.3, 0.4) is 0 Å². The van der Waals surface area contributed by atoms with Crippen molar-refractivity contribution >= 4 is 12.1 Å². The van der Waals surface area contributed by atoms with E-state index in [2.05, 4.69) is 10.3 Å². The number of nitrogens with zero attached hydrogens (tertiary/aromatic N) is 2. The molecule has 0 aromatic carbocycles. The molecule has 1 aromatic heterocycles. The minimum atomic E-state index is -1.47. The highest BCUT2D eigenvalue weighted by molar-refractivity contribution is 5.82. The molecule has 10 nitrogen and oxygen atoms in total. The van der Waals surface area contributed by atoms with Crippen LogP contribution >= 0.6 is 0 Å². The Morgan fingerprint density at radius 1 is 1.41 bits per heavy atom. The van der Waals surface area contributed by atoms with Crippen molar-refractivity contribution in [1.29, 1.82) is 0 Å². The molecule has 0 saturated carbocycles. The first-order valence-corrected chi connectivity index (χ1v) is 6.43. The first-order chi connectivity index (χ1) is 10.4. The van der Waals surface area contributed by atoms with E-state index in [0.29, 0.717) is 6.29 Å². The number of methoxy groups -OCH3 is 1. The summed E-state index contributed by atoms with van der Waals surface area (Å²) < 4.78 is 11.1. The van der Waals surface area contributed by atoms with Crippen molar-refractivity contribution in [2.45, 2.75) is 24.5 Å². The summed E-state index contributed by atoms with van der Waals surface area (Å²) in [6.45, 7) is -0.228. The van der Waals surface area contributed by atoms with E-state index in [1.165, 1.54) is 14.2 Å². The fourth-order valence-corrected chi connectivity index (χ4v) is 2.07. The van der Waals surface area contributed by atoms with Crippen molar-refractivity contribution in [2.75, 3.05) is 19.0 Å². The summed E-state index contributed by atoms with van der Waals surface area (Å²) in [7, 11) is 2.69. The number of aliphatic hydroxyl groups excluding tert-OH is 3. The van der Waals surface area contributed by atoms with Gasteiger partial charge >= 0.3 is 6.01 Å². The number of aromatic nitrogens is 2. The average Bonchev–Trinajstić information content (AvgIpc) is 2.51. The summed E-state index contributed by atoms with van der Waals surface area (Å²) in [6.07, 6.45) is -4.97. The van der Waals surface area contributed by atoms with Crippen molar-refractivity contribution in [2.24, 2.45) is 7.05 Å². The number of carbonyl (C=O) groups is 1. The first-order valence-electron chi connectivity index (χ1n) is 6.43. The second-order valence-corrected chi connectivity index (χ2v) is 4.79. The van der Waals surface area contributed by atoms with Gasteiger partial charge in [0, 0.05) is 7.05 Å². The molecule has 122 valence electrons. The van der Waals surface area contributed by atoms with Gasteiger partial charge in [0.2, 0.25) is 0 Å². The topological polar surface area (TPSA) is 143 Å². The van der Waals surface area contributed by atoms with Crippen LogP contribution in [0.15, 0.2) is 4.79 Å². The quantitative estimate of drug-likeness (QED) is 0.441. The Kier molecular flexibility index (Phi) is 4.76. The number of ether oxygens (including phenoxy) is 2. The highest BCUT2D eigenvalue weighted by Gasteiger charge is 2.38. The lowest BCUT2D eigenvalue weighted by Crippen LogP contribution is -2.55. The van der Waals surface area contributed by atoms with Crippen molar-refractivity contribution in [3.8, 4) is 6.01 Å². The maximum Gasteiger partial charge on any atom is 0.300 e. The molecule has 1 aliphatic heterocycles. The summed E-state index contributed by atoms with van der Waals surface area (Å²) >= 11 is 0. The number of hydrogen-bond acceptors (Lipinski definition) is 9. The molecule has 1 aliphatic rings. The van der Waals surface area contributed by atoms with Crippen LogP contribution in [0.25, 0.3) is 0 Å². The average molecular weight is 315 g/mol. The van der Waals surface area contributed by atoms with Gasteiger partial charge in [-0.1, -0.05) is 0 Å². The van der Waals surface area contributed by atoms with Crippen molar-refractivity contribution < 1.29 is 29.6 Å². The molecule has 0 unspecified atom stereocenters. The summed E-state index contributed by atoms with van der Waals surface area (Å²) in [5, 5.41) is 31.4. The molecule has 0 amide bonds. The zero-order chi connectivity index (χ0) is 16.4. The second-order valence-electron chi connectivity index (χ2n) is 4.79. The number of carbonyl (C=O) groups excluding carboxylic acids is 1. The van der Waals surface area contributed by atoms with Gasteiger partial charge in [-0.05, 0) is 0 Å². The van der Waals surface area contributed by atoms with E-state index in [9.17, 15) is 24.9 Å². The van der Waals surface area contributed by atoms with E-state index in [1.54, 1.807) is 0 Å². The zero-order valence-electron chi connectivity index (χ0n) is 12.0. The van der Waals surface area contributed by atoms with Crippen LogP contribution in [-0.2, 0) is 11.8 Å². The van der Waals surface area contributed by atoms with E-state index in [1.807, 2.05) is 0 Å². The lowest BCUT2D eigenvalue weighted by molar-refractivity contribution is -0.178. The highest BCUT2D eigenvalue weighted by Crippen LogP contribution is 2.19. The van der Waals surface area contributed by atoms with Gasteiger partial charge in [-0.15, -0.1) is 0 Å². The van der Waals surface area contributed by atoms with Gasteiger partial charge in [0.25, 0.3) is 5.56 Å². The smallest absolute Gasteiger partial charge is 0.300 e. The Labute approximate surface area is 124 Å². The van der Waals surface area contributed by atoms with Gasteiger partial charge in [0.1, 0.15) is 29.7 Å². The molecule has 22 heavy (non-hydrogen) atoms. The van der Waals surface area contributed by atoms with E-state index < -0.39 is 30.1 Å². The summed E-state index contributed by atoms with van der Waals surface area (Å²) in [4.78, 5) is 27.1. The highest BCUT2D eigenvalue weighted by atomic mass is 16.5. The molecular weight excluding hydrogens is 298 g/mol. The van der Waals surface area contributed by atoms with Crippen LogP contribution in [0.2, 0.25) is 0 Å².